The van der Waals surface area contributed by atoms with E-state index in [1.807, 2.05) is 12.1 Å². The zero-order chi connectivity index (χ0) is 15.1. The van der Waals surface area contributed by atoms with Gasteiger partial charge >= 0.3 is 0 Å². The Kier molecular flexibility index (Phi) is 3.82. The van der Waals surface area contributed by atoms with Crippen molar-refractivity contribution in [3.05, 3.63) is 22.7 Å². The van der Waals surface area contributed by atoms with Crippen molar-refractivity contribution < 1.29 is 4.79 Å². The summed E-state index contributed by atoms with van der Waals surface area (Å²) in [5, 5.41) is 3.49. The summed E-state index contributed by atoms with van der Waals surface area (Å²) in [6.45, 7) is 1.94. The Morgan fingerprint density at radius 3 is 2.90 bits per heavy atom. The van der Waals surface area contributed by atoms with Gasteiger partial charge in [0.25, 0.3) is 0 Å². The smallest absolute Gasteiger partial charge is 0.245 e. The van der Waals surface area contributed by atoms with Gasteiger partial charge in [0.05, 0.1) is 10.7 Å². The van der Waals surface area contributed by atoms with E-state index in [2.05, 4.69) is 29.2 Å². The molecule has 0 aliphatic carbocycles. The Hall–Kier alpha value is -1.30. The molecular formula is C15H21ClN4O. The quantitative estimate of drug-likeness (QED) is 0.875. The minimum absolute atomic E-state index is 0.164. The van der Waals surface area contributed by atoms with Gasteiger partial charge in [0.1, 0.15) is 6.04 Å². The normalized spacial score (nSPS) is 25.2. The van der Waals surface area contributed by atoms with Crippen molar-refractivity contribution in [2.75, 3.05) is 37.4 Å². The summed E-state index contributed by atoms with van der Waals surface area (Å²) in [4.78, 5) is 16.2. The predicted octanol–water partition coefficient (Wildman–Crippen LogP) is 1.82. The maximum atomic E-state index is 11.7. The van der Waals surface area contributed by atoms with Crippen LogP contribution in [0.2, 0.25) is 5.02 Å². The minimum Gasteiger partial charge on any atom is -0.369 e. The van der Waals surface area contributed by atoms with E-state index in [0.717, 1.165) is 36.4 Å². The van der Waals surface area contributed by atoms with Crippen LogP contribution in [0.3, 0.4) is 0 Å². The first-order chi connectivity index (χ1) is 9.97. The number of rotatable bonds is 2. The van der Waals surface area contributed by atoms with Crippen molar-refractivity contribution >= 4 is 28.9 Å². The number of nitrogens with zero attached hydrogens (tertiary/aromatic N) is 2. The molecule has 3 N–H and O–H groups in total. The van der Waals surface area contributed by atoms with E-state index in [0.29, 0.717) is 11.1 Å². The third-order valence-electron chi connectivity index (χ3n) is 4.46. The Bertz CT molecular complexity index is 575. The molecule has 0 radical (unpaired) electrons. The van der Waals surface area contributed by atoms with Crippen LogP contribution in [0.25, 0.3) is 0 Å². The standard InChI is InChI=1S/C15H21ClN4O/c1-19(2)9-4-3-5-20(8-9)13-7-12-10(6-11(13)16)14(17)15(21)18-12/h6-7,9,14H,3-5,8,17H2,1-2H3,(H,18,21). The number of halogens is 1. The summed E-state index contributed by atoms with van der Waals surface area (Å²) in [6.07, 6.45) is 2.34. The number of nitrogens with one attached hydrogen (secondary N) is 1. The highest BCUT2D eigenvalue weighted by atomic mass is 35.5. The van der Waals surface area contributed by atoms with Crippen LogP contribution >= 0.6 is 11.6 Å². The van der Waals surface area contributed by atoms with E-state index < -0.39 is 6.04 Å². The van der Waals surface area contributed by atoms with Crippen LogP contribution in [0.15, 0.2) is 12.1 Å². The number of anilines is 2. The predicted molar refractivity (Wildman–Crippen MR) is 85.9 cm³/mol. The second kappa shape index (κ2) is 5.48. The molecule has 1 saturated heterocycles. The lowest BCUT2D eigenvalue weighted by Gasteiger charge is -2.38. The van der Waals surface area contributed by atoms with Crippen LogP contribution in [0, 0.1) is 0 Å². The first-order valence-corrected chi connectivity index (χ1v) is 7.66. The highest BCUT2D eigenvalue weighted by Crippen LogP contribution is 2.39. The molecule has 1 aromatic carbocycles. The van der Waals surface area contributed by atoms with E-state index in [1.54, 1.807) is 0 Å². The summed E-state index contributed by atoms with van der Waals surface area (Å²) in [5.74, 6) is -0.164. The number of carbonyl (C=O) groups is 1. The number of fused-ring (bicyclic) bond motifs is 1. The van der Waals surface area contributed by atoms with Gasteiger partial charge in [-0.2, -0.15) is 0 Å². The minimum atomic E-state index is -0.609. The molecule has 114 valence electrons. The molecule has 0 spiro atoms. The maximum absolute atomic E-state index is 11.7. The van der Waals surface area contributed by atoms with Crippen molar-refractivity contribution in [3.8, 4) is 0 Å². The molecule has 2 unspecified atom stereocenters. The summed E-state index contributed by atoms with van der Waals surface area (Å²) >= 11 is 6.43. The topological polar surface area (TPSA) is 61.6 Å². The second-order valence-corrected chi connectivity index (χ2v) is 6.47. The number of hydrogen-bond donors (Lipinski definition) is 2. The van der Waals surface area contributed by atoms with Gasteiger partial charge in [-0.15, -0.1) is 0 Å². The van der Waals surface area contributed by atoms with Gasteiger partial charge in [-0.1, -0.05) is 11.6 Å². The summed E-state index contributed by atoms with van der Waals surface area (Å²) in [7, 11) is 4.22. The van der Waals surface area contributed by atoms with E-state index >= 15 is 0 Å². The summed E-state index contributed by atoms with van der Waals surface area (Å²) in [6, 6.07) is 3.71. The molecule has 1 aromatic rings. The highest BCUT2D eigenvalue weighted by molar-refractivity contribution is 6.33. The van der Waals surface area contributed by atoms with Crippen LogP contribution in [0.4, 0.5) is 11.4 Å². The van der Waals surface area contributed by atoms with E-state index in [9.17, 15) is 4.79 Å². The van der Waals surface area contributed by atoms with Crippen LogP contribution in [-0.2, 0) is 4.79 Å². The largest absolute Gasteiger partial charge is 0.369 e. The van der Waals surface area contributed by atoms with Crippen LogP contribution in [0.1, 0.15) is 24.4 Å². The molecule has 2 aliphatic rings. The van der Waals surface area contributed by atoms with Crippen LogP contribution < -0.4 is 16.0 Å². The van der Waals surface area contributed by atoms with Crippen molar-refractivity contribution in [1.82, 2.24) is 4.90 Å². The number of benzene rings is 1. The fourth-order valence-electron chi connectivity index (χ4n) is 3.13. The lowest BCUT2D eigenvalue weighted by Crippen LogP contribution is -2.45. The van der Waals surface area contributed by atoms with E-state index in [4.69, 9.17) is 17.3 Å². The van der Waals surface area contributed by atoms with Gasteiger partial charge in [-0.05, 0) is 39.1 Å². The number of hydrogen-bond acceptors (Lipinski definition) is 4. The zero-order valence-electron chi connectivity index (χ0n) is 12.4. The van der Waals surface area contributed by atoms with Gasteiger partial charge < -0.3 is 20.9 Å². The fourth-order valence-corrected chi connectivity index (χ4v) is 3.42. The zero-order valence-corrected chi connectivity index (χ0v) is 13.2. The van der Waals surface area contributed by atoms with Gasteiger partial charge in [-0.3, -0.25) is 4.79 Å². The lowest BCUT2D eigenvalue weighted by molar-refractivity contribution is -0.116. The molecule has 1 fully saturated rings. The lowest BCUT2D eigenvalue weighted by atomic mass is 10.0. The van der Waals surface area contributed by atoms with Crippen molar-refractivity contribution in [1.29, 1.82) is 0 Å². The summed E-state index contributed by atoms with van der Waals surface area (Å²) in [5.41, 5.74) is 8.42. The molecule has 5 nitrogen and oxygen atoms in total. The molecule has 0 aromatic heterocycles. The summed E-state index contributed by atoms with van der Waals surface area (Å²) < 4.78 is 0. The van der Waals surface area contributed by atoms with Crippen molar-refractivity contribution in [2.45, 2.75) is 24.9 Å². The Morgan fingerprint density at radius 1 is 1.43 bits per heavy atom. The Morgan fingerprint density at radius 2 is 2.19 bits per heavy atom. The number of piperidine rings is 1. The number of nitrogens with two attached hydrogens (primary N) is 1. The van der Waals surface area contributed by atoms with Gasteiger partial charge in [-0.25, -0.2) is 0 Å². The van der Waals surface area contributed by atoms with E-state index in [1.165, 1.54) is 6.42 Å². The Balaban J connectivity index is 1.90. The number of carbonyl (C=O) groups excluding carboxylic acids is 1. The third-order valence-corrected chi connectivity index (χ3v) is 4.76. The maximum Gasteiger partial charge on any atom is 0.245 e. The number of amides is 1. The first-order valence-electron chi connectivity index (χ1n) is 7.28. The first kappa shape index (κ1) is 14.6. The molecule has 2 atom stereocenters. The molecular weight excluding hydrogens is 288 g/mol. The molecule has 2 aliphatic heterocycles. The van der Waals surface area contributed by atoms with Crippen molar-refractivity contribution in [2.24, 2.45) is 5.73 Å². The molecule has 0 bridgehead atoms. The van der Waals surface area contributed by atoms with Crippen LogP contribution in [0.5, 0.6) is 0 Å². The van der Waals surface area contributed by atoms with Gasteiger partial charge in [0.2, 0.25) is 5.91 Å². The van der Waals surface area contributed by atoms with Gasteiger partial charge in [0.15, 0.2) is 0 Å². The van der Waals surface area contributed by atoms with E-state index in [-0.39, 0.29) is 5.91 Å². The SMILES string of the molecule is CN(C)C1CCCN(c2cc3c(cc2Cl)C(N)C(=O)N3)C1. The molecule has 6 heteroatoms. The molecule has 1 amide bonds. The van der Waals surface area contributed by atoms with Gasteiger partial charge in [0, 0.05) is 30.4 Å². The average Bonchev–Trinajstić information content (AvgIpc) is 2.73. The fraction of sp³-hybridized carbons (Fsp3) is 0.533. The van der Waals surface area contributed by atoms with Crippen molar-refractivity contribution in [3.63, 3.8) is 0 Å². The highest BCUT2D eigenvalue weighted by Gasteiger charge is 2.30. The monoisotopic (exact) mass is 308 g/mol. The third kappa shape index (κ3) is 2.61. The molecule has 21 heavy (non-hydrogen) atoms. The molecule has 2 heterocycles. The Labute approximate surface area is 130 Å². The molecule has 3 rings (SSSR count). The van der Waals surface area contributed by atoms with Crippen LogP contribution in [-0.4, -0.2) is 44.0 Å². The number of likely N-dealkylation sites (N-methyl/N-ethyl adjacent to an activating group) is 1. The molecule has 0 saturated carbocycles. The second-order valence-electron chi connectivity index (χ2n) is 6.06. The average molecular weight is 309 g/mol.